The number of anilines is 1. The molecule has 2 amide bonds. The fourth-order valence-electron chi connectivity index (χ4n) is 8.98. The minimum absolute atomic E-state index is 0.0134. The third kappa shape index (κ3) is 11.2. The van der Waals surface area contributed by atoms with Crippen molar-refractivity contribution in [1.29, 1.82) is 0 Å². The summed E-state index contributed by atoms with van der Waals surface area (Å²) >= 11 is 0. The van der Waals surface area contributed by atoms with Gasteiger partial charge < -0.3 is 43.5 Å². The van der Waals surface area contributed by atoms with Gasteiger partial charge in [-0.25, -0.2) is 9.59 Å². The summed E-state index contributed by atoms with van der Waals surface area (Å²) in [6.45, 7) is 15.1. The van der Waals surface area contributed by atoms with E-state index in [-0.39, 0.29) is 56.0 Å². The molecule has 6 atom stereocenters. The molecule has 2 aliphatic carbocycles. The van der Waals surface area contributed by atoms with Crippen molar-refractivity contribution >= 4 is 23.6 Å². The summed E-state index contributed by atoms with van der Waals surface area (Å²) in [5.74, 6) is -0.434. The molecule has 1 heterocycles. The Labute approximate surface area is 361 Å². The standard InChI is InChI=1S/C47H67N3O11/c1-9-22-50(45(54)57-30-46(4,5)6)41-29-38(49-59-11-3)35-26-31(16-12-14-23-51)34(17-13-15-24-52)42-36-27-33(19-21-39(36)61-47(41,43(35)42)58-25-10-2)60-44(53)48-37-20-18-32(55-7)28-40(37)56-8/h10,18-21,26-28,31,34,41-43,51-52H,2,9,11-17,22-25,29-30H2,1,3-8H3,(H,48,53). The molecular formula is C47H67N3O11. The minimum atomic E-state index is -1.44. The Morgan fingerprint density at radius 3 is 2.41 bits per heavy atom. The molecule has 1 aliphatic heterocycles. The first kappa shape index (κ1) is 47.3. The van der Waals surface area contributed by atoms with E-state index < -0.39 is 29.9 Å². The number of methoxy groups -OCH3 is 2. The van der Waals surface area contributed by atoms with E-state index in [0.29, 0.717) is 66.8 Å². The van der Waals surface area contributed by atoms with Crippen LogP contribution in [0.4, 0.5) is 15.3 Å². The smallest absolute Gasteiger partial charge is 0.417 e. The zero-order chi connectivity index (χ0) is 44.2. The van der Waals surface area contributed by atoms with Gasteiger partial charge in [0.05, 0.1) is 44.8 Å². The summed E-state index contributed by atoms with van der Waals surface area (Å²) in [7, 11) is 3.06. The van der Waals surface area contributed by atoms with Gasteiger partial charge in [0, 0.05) is 43.7 Å². The number of nitrogens with one attached hydrogen (secondary N) is 1. The summed E-state index contributed by atoms with van der Waals surface area (Å²) in [4.78, 5) is 35.4. The second-order valence-electron chi connectivity index (χ2n) is 17.1. The average molecular weight is 850 g/mol. The van der Waals surface area contributed by atoms with Gasteiger partial charge in [-0.05, 0) is 92.2 Å². The second kappa shape index (κ2) is 21.8. The summed E-state index contributed by atoms with van der Waals surface area (Å²) < 4.78 is 37.0. The summed E-state index contributed by atoms with van der Waals surface area (Å²) in [5, 5.41) is 27.3. The largest absolute Gasteiger partial charge is 0.497 e. The number of unbranched alkanes of at least 4 members (excludes halogenated alkanes) is 2. The fraction of sp³-hybridized carbons (Fsp3) is 0.596. The van der Waals surface area contributed by atoms with Gasteiger partial charge in [-0.1, -0.05) is 57.8 Å². The lowest BCUT2D eigenvalue weighted by atomic mass is 9.55. The molecule has 0 spiro atoms. The van der Waals surface area contributed by atoms with Crippen LogP contribution in [0, 0.1) is 23.2 Å². The molecule has 0 saturated heterocycles. The molecule has 2 aromatic carbocycles. The lowest BCUT2D eigenvalue weighted by Gasteiger charge is -2.60. The number of carbonyl (C=O) groups excluding carboxylic acids is 2. The highest BCUT2D eigenvalue weighted by molar-refractivity contribution is 6.03. The maximum atomic E-state index is 14.3. The summed E-state index contributed by atoms with van der Waals surface area (Å²) in [6, 6.07) is 9.69. The van der Waals surface area contributed by atoms with Gasteiger partial charge in [0.15, 0.2) is 0 Å². The van der Waals surface area contributed by atoms with Gasteiger partial charge in [-0.15, -0.1) is 6.58 Å². The zero-order valence-electron chi connectivity index (χ0n) is 37.1. The molecule has 3 N–H and O–H groups in total. The highest BCUT2D eigenvalue weighted by Crippen LogP contribution is 2.62. The SMILES string of the molecule is C=CCOC12Oc3ccc(OC(=O)Nc4ccc(OC)cc4OC)cc3C3C(CCCCO)C(CCCCO)C=C(C(=NOCC)CC1N(CCC)C(=O)OCC(C)(C)C)C32. The van der Waals surface area contributed by atoms with Crippen molar-refractivity contribution in [1.82, 2.24) is 4.90 Å². The first-order valence-corrected chi connectivity index (χ1v) is 21.7. The van der Waals surface area contributed by atoms with Crippen LogP contribution in [0.15, 0.2) is 65.9 Å². The molecule has 1 saturated carbocycles. The molecule has 5 rings (SSSR count). The third-order valence-electron chi connectivity index (χ3n) is 11.5. The van der Waals surface area contributed by atoms with Crippen LogP contribution in [0.1, 0.15) is 97.5 Å². The fourth-order valence-corrected chi connectivity index (χ4v) is 8.98. The molecule has 336 valence electrons. The maximum absolute atomic E-state index is 14.3. The lowest BCUT2D eigenvalue weighted by Crippen LogP contribution is -2.70. The van der Waals surface area contributed by atoms with E-state index in [1.807, 2.05) is 40.7 Å². The molecule has 14 nitrogen and oxygen atoms in total. The molecule has 3 aliphatic rings. The quantitative estimate of drug-likeness (QED) is 0.0624. The molecule has 0 bridgehead atoms. The van der Waals surface area contributed by atoms with Crippen molar-refractivity contribution in [2.75, 3.05) is 59.1 Å². The number of amides is 2. The topological polar surface area (TPSA) is 167 Å². The minimum Gasteiger partial charge on any atom is -0.497 e. The van der Waals surface area contributed by atoms with Crippen LogP contribution in [0.5, 0.6) is 23.0 Å². The summed E-state index contributed by atoms with van der Waals surface area (Å²) in [5.41, 5.74) is 2.55. The van der Waals surface area contributed by atoms with Crippen LogP contribution in [-0.4, -0.2) is 98.6 Å². The summed E-state index contributed by atoms with van der Waals surface area (Å²) in [6.07, 6.45) is 8.06. The molecule has 0 aromatic heterocycles. The number of rotatable bonds is 21. The molecular weight excluding hydrogens is 783 g/mol. The number of nitrogens with zero attached hydrogens (tertiary/aromatic N) is 2. The highest BCUT2D eigenvalue weighted by atomic mass is 16.7. The number of hydrogen-bond acceptors (Lipinski definition) is 12. The van der Waals surface area contributed by atoms with Crippen LogP contribution in [0.2, 0.25) is 0 Å². The number of ether oxygens (including phenoxy) is 6. The van der Waals surface area contributed by atoms with E-state index in [4.69, 9.17) is 38.4 Å². The Bertz CT molecular complexity index is 1860. The van der Waals surface area contributed by atoms with Gasteiger partial charge in [0.1, 0.15) is 35.6 Å². The van der Waals surface area contributed by atoms with Crippen LogP contribution in [0.3, 0.4) is 0 Å². The van der Waals surface area contributed by atoms with Gasteiger partial charge in [0.25, 0.3) is 0 Å². The van der Waals surface area contributed by atoms with E-state index in [2.05, 4.69) is 18.0 Å². The third-order valence-corrected chi connectivity index (χ3v) is 11.5. The predicted molar refractivity (Wildman–Crippen MR) is 234 cm³/mol. The van der Waals surface area contributed by atoms with Gasteiger partial charge in [-0.3, -0.25) is 10.2 Å². The Kier molecular flexibility index (Phi) is 16.9. The first-order valence-electron chi connectivity index (χ1n) is 21.7. The van der Waals surface area contributed by atoms with Crippen molar-refractivity contribution in [3.8, 4) is 23.0 Å². The zero-order valence-corrected chi connectivity index (χ0v) is 37.1. The number of oxime groups is 1. The van der Waals surface area contributed by atoms with Gasteiger partial charge >= 0.3 is 12.2 Å². The number of hydrogen-bond donors (Lipinski definition) is 3. The van der Waals surface area contributed by atoms with Crippen molar-refractivity contribution in [2.24, 2.45) is 28.3 Å². The molecule has 14 heteroatoms. The van der Waals surface area contributed by atoms with Crippen molar-refractivity contribution < 1.29 is 53.1 Å². The van der Waals surface area contributed by atoms with E-state index in [1.165, 1.54) is 7.11 Å². The van der Waals surface area contributed by atoms with Gasteiger partial charge in [0.2, 0.25) is 5.79 Å². The molecule has 2 aromatic rings. The average Bonchev–Trinajstić information content (AvgIpc) is 3.24. The normalized spacial score (nSPS) is 23.4. The number of fused-ring (bicyclic) bond motifs is 2. The highest BCUT2D eigenvalue weighted by Gasteiger charge is 2.65. The van der Waals surface area contributed by atoms with Crippen LogP contribution in [0.25, 0.3) is 0 Å². The lowest BCUT2D eigenvalue weighted by molar-refractivity contribution is -0.255. The monoisotopic (exact) mass is 849 g/mol. The number of carbonyl (C=O) groups is 2. The van der Waals surface area contributed by atoms with Crippen LogP contribution >= 0.6 is 0 Å². The van der Waals surface area contributed by atoms with E-state index in [9.17, 15) is 19.8 Å². The number of allylic oxidation sites excluding steroid dienone is 1. The first-order chi connectivity index (χ1) is 29.4. The number of aliphatic hydroxyl groups is 2. The van der Waals surface area contributed by atoms with Crippen molar-refractivity contribution in [3.63, 3.8) is 0 Å². The Morgan fingerprint density at radius 2 is 1.75 bits per heavy atom. The number of benzene rings is 2. The van der Waals surface area contributed by atoms with E-state index in [0.717, 1.165) is 36.8 Å². The van der Waals surface area contributed by atoms with Crippen molar-refractivity contribution in [2.45, 2.75) is 104 Å². The van der Waals surface area contributed by atoms with Crippen LogP contribution < -0.4 is 24.3 Å². The maximum Gasteiger partial charge on any atom is 0.417 e. The Balaban J connectivity index is 1.71. The Hall–Kier alpha value is -4.79. The van der Waals surface area contributed by atoms with E-state index in [1.54, 1.807) is 48.4 Å². The predicted octanol–water partition coefficient (Wildman–Crippen LogP) is 8.86. The molecule has 6 unspecified atom stereocenters. The number of aliphatic hydroxyl groups excluding tert-OH is 2. The van der Waals surface area contributed by atoms with Crippen molar-refractivity contribution in [3.05, 3.63) is 66.3 Å². The van der Waals surface area contributed by atoms with E-state index >= 15 is 0 Å². The molecule has 0 radical (unpaired) electrons. The molecule has 1 fully saturated rings. The molecule has 61 heavy (non-hydrogen) atoms. The van der Waals surface area contributed by atoms with Gasteiger partial charge in [-0.2, -0.15) is 0 Å². The second-order valence-corrected chi connectivity index (χ2v) is 17.1. The van der Waals surface area contributed by atoms with Crippen LogP contribution in [-0.2, 0) is 14.3 Å². The Morgan fingerprint density at radius 1 is 1.02 bits per heavy atom.